The Morgan fingerprint density at radius 1 is 1.40 bits per heavy atom. The maximum absolute atomic E-state index is 12.8. The van der Waals surface area contributed by atoms with Crippen molar-refractivity contribution in [1.29, 1.82) is 5.26 Å². The van der Waals surface area contributed by atoms with Crippen molar-refractivity contribution < 1.29 is 9.53 Å². The molecule has 0 aliphatic carbocycles. The van der Waals surface area contributed by atoms with Crippen LogP contribution in [0.5, 0.6) is 5.75 Å². The first-order valence-electron chi connectivity index (χ1n) is 8.02. The lowest BCUT2D eigenvalue weighted by atomic mass is 10.0. The lowest BCUT2D eigenvalue weighted by Crippen LogP contribution is -2.45. The number of nitrogens with one attached hydrogen (secondary N) is 2. The maximum atomic E-state index is 12.8. The smallest absolute Gasteiger partial charge is 0.271 e. The molecule has 2 unspecified atom stereocenters. The summed E-state index contributed by atoms with van der Waals surface area (Å²) in [5, 5.41) is 8.99. The van der Waals surface area contributed by atoms with Gasteiger partial charge < -0.3 is 14.2 Å². The van der Waals surface area contributed by atoms with Gasteiger partial charge in [-0.15, -0.1) is 0 Å². The Hall–Kier alpha value is -2.82. The number of rotatable bonds is 4. The molecule has 0 radical (unpaired) electrons. The van der Waals surface area contributed by atoms with Gasteiger partial charge in [0.25, 0.3) is 5.91 Å². The lowest BCUT2D eigenvalue weighted by Gasteiger charge is -2.24. The van der Waals surface area contributed by atoms with Gasteiger partial charge in [-0.3, -0.25) is 4.79 Å². The van der Waals surface area contributed by atoms with E-state index in [0.29, 0.717) is 17.7 Å². The number of aryl methyl sites for hydroxylation is 1. The Labute approximate surface area is 146 Å². The Balaban J connectivity index is 1.74. The monoisotopic (exact) mass is 339 g/mol. The van der Waals surface area contributed by atoms with Crippen LogP contribution in [-0.2, 0) is 7.05 Å². The van der Waals surface area contributed by atoms with Crippen molar-refractivity contribution in [3.63, 3.8) is 0 Å². The van der Waals surface area contributed by atoms with E-state index in [2.05, 4.69) is 16.9 Å². The second kappa shape index (κ2) is 6.97. The summed E-state index contributed by atoms with van der Waals surface area (Å²) in [6.07, 6.45) is 2.19. The number of aromatic nitrogens is 1. The molecular weight excluding hydrogens is 318 g/mol. The summed E-state index contributed by atoms with van der Waals surface area (Å²) < 4.78 is 7.10. The molecule has 1 aromatic carbocycles. The average molecular weight is 339 g/mol. The molecule has 1 saturated heterocycles. The van der Waals surface area contributed by atoms with E-state index in [0.717, 1.165) is 11.3 Å². The van der Waals surface area contributed by atoms with Gasteiger partial charge in [0.15, 0.2) is 0 Å². The lowest BCUT2D eigenvalue weighted by molar-refractivity contribution is 0.0703. The number of hydrogen-bond acceptors (Lipinski definition) is 5. The number of hydrazine groups is 1. The Kier molecular flexibility index (Phi) is 4.74. The summed E-state index contributed by atoms with van der Waals surface area (Å²) in [7, 11) is 5.17. The average Bonchev–Trinajstić information content (AvgIpc) is 3.27. The predicted octanol–water partition coefficient (Wildman–Crippen LogP) is 1.54. The maximum Gasteiger partial charge on any atom is 0.271 e. The van der Waals surface area contributed by atoms with Crippen LogP contribution in [0.2, 0.25) is 0 Å². The predicted molar refractivity (Wildman–Crippen MR) is 92.6 cm³/mol. The molecule has 2 heterocycles. The van der Waals surface area contributed by atoms with Crippen molar-refractivity contribution in [3.8, 4) is 11.8 Å². The Bertz CT molecular complexity index is 823. The third-order valence-electron chi connectivity index (χ3n) is 4.54. The first-order chi connectivity index (χ1) is 12.0. The topological polar surface area (TPSA) is 82.3 Å². The van der Waals surface area contributed by atoms with Crippen molar-refractivity contribution in [2.75, 3.05) is 14.2 Å². The molecule has 0 spiro atoms. The molecule has 0 saturated carbocycles. The zero-order chi connectivity index (χ0) is 18.0. The number of nitrogens with zero attached hydrogens (tertiary/aromatic N) is 3. The Morgan fingerprint density at radius 3 is 2.84 bits per heavy atom. The number of hydrogen-bond donors (Lipinski definition) is 2. The van der Waals surface area contributed by atoms with Gasteiger partial charge in [0, 0.05) is 32.3 Å². The number of carbonyl (C=O) groups is 1. The molecule has 1 amide bonds. The normalized spacial score (nSPS) is 19.4. The summed E-state index contributed by atoms with van der Waals surface area (Å²) in [5.74, 6) is 0.682. The van der Waals surface area contributed by atoms with Crippen molar-refractivity contribution in [3.05, 3.63) is 53.3 Å². The minimum atomic E-state index is -0.164. The second-order valence-electron chi connectivity index (χ2n) is 6.09. The molecule has 2 aromatic rings. The van der Waals surface area contributed by atoms with E-state index in [4.69, 9.17) is 10.00 Å². The highest BCUT2D eigenvalue weighted by Crippen LogP contribution is 2.30. The molecule has 0 bridgehead atoms. The van der Waals surface area contributed by atoms with Gasteiger partial charge in [-0.25, -0.2) is 10.9 Å². The van der Waals surface area contributed by atoms with E-state index in [1.165, 1.54) is 0 Å². The van der Waals surface area contributed by atoms with E-state index in [1.807, 2.05) is 24.3 Å². The van der Waals surface area contributed by atoms with E-state index >= 15 is 0 Å². The van der Waals surface area contributed by atoms with Gasteiger partial charge in [0.05, 0.1) is 24.9 Å². The van der Waals surface area contributed by atoms with Crippen LogP contribution < -0.4 is 15.6 Å². The van der Waals surface area contributed by atoms with E-state index < -0.39 is 0 Å². The Morgan fingerprint density at radius 2 is 2.16 bits per heavy atom. The van der Waals surface area contributed by atoms with Crippen LogP contribution in [0.3, 0.4) is 0 Å². The SMILES string of the molecule is COc1ccccc1C1CC(N(C)C(=O)c2cc(C#N)cn2C)NN1. The fourth-order valence-electron chi connectivity index (χ4n) is 3.11. The number of para-hydroxylation sites is 1. The molecule has 1 aromatic heterocycles. The zero-order valence-corrected chi connectivity index (χ0v) is 14.5. The third-order valence-corrected chi connectivity index (χ3v) is 4.54. The van der Waals surface area contributed by atoms with E-state index in [-0.39, 0.29) is 18.1 Å². The molecule has 3 rings (SSSR count). The minimum absolute atomic E-state index is 0.0412. The molecule has 7 heteroatoms. The fourth-order valence-corrected chi connectivity index (χ4v) is 3.11. The van der Waals surface area contributed by atoms with Gasteiger partial charge in [-0.1, -0.05) is 18.2 Å². The highest BCUT2D eigenvalue weighted by atomic mass is 16.5. The minimum Gasteiger partial charge on any atom is -0.496 e. The molecular formula is C18H21N5O2. The van der Waals surface area contributed by atoms with Gasteiger partial charge in [-0.05, 0) is 12.1 Å². The quantitative estimate of drug-likeness (QED) is 0.883. The number of carbonyl (C=O) groups excluding carboxylic acids is 1. The van der Waals surface area contributed by atoms with Crippen LogP contribution in [0.4, 0.5) is 0 Å². The van der Waals surface area contributed by atoms with Gasteiger partial charge in [0.1, 0.15) is 17.5 Å². The molecule has 1 fully saturated rings. The molecule has 1 aliphatic rings. The van der Waals surface area contributed by atoms with Crippen LogP contribution in [0.25, 0.3) is 0 Å². The van der Waals surface area contributed by atoms with Crippen LogP contribution in [0.1, 0.15) is 34.1 Å². The number of nitriles is 1. The standard InChI is InChI=1S/C18H21N5O2/c1-22-11-12(10-19)8-15(22)18(24)23(2)17-9-14(20-21-17)13-6-4-5-7-16(13)25-3/h4-8,11,14,17,20-21H,9H2,1-3H3. The fraction of sp³-hybridized carbons (Fsp3) is 0.333. The molecule has 7 nitrogen and oxygen atoms in total. The highest BCUT2D eigenvalue weighted by molar-refractivity contribution is 5.93. The van der Waals surface area contributed by atoms with Crippen molar-refractivity contribution in [2.24, 2.45) is 7.05 Å². The number of amides is 1. The zero-order valence-electron chi connectivity index (χ0n) is 14.5. The van der Waals surface area contributed by atoms with E-state index in [9.17, 15) is 4.79 Å². The van der Waals surface area contributed by atoms with Crippen molar-refractivity contribution in [1.82, 2.24) is 20.3 Å². The van der Waals surface area contributed by atoms with Gasteiger partial charge >= 0.3 is 0 Å². The van der Waals surface area contributed by atoms with Crippen LogP contribution in [0.15, 0.2) is 36.5 Å². The summed E-state index contributed by atoms with van der Waals surface area (Å²) in [4.78, 5) is 14.4. The van der Waals surface area contributed by atoms with Crippen molar-refractivity contribution in [2.45, 2.75) is 18.6 Å². The molecule has 25 heavy (non-hydrogen) atoms. The molecule has 2 atom stereocenters. The largest absolute Gasteiger partial charge is 0.496 e. The van der Waals surface area contributed by atoms with Crippen LogP contribution >= 0.6 is 0 Å². The molecule has 2 N–H and O–H groups in total. The third kappa shape index (κ3) is 3.22. The highest BCUT2D eigenvalue weighted by Gasteiger charge is 2.32. The second-order valence-corrected chi connectivity index (χ2v) is 6.09. The first-order valence-corrected chi connectivity index (χ1v) is 8.02. The summed E-state index contributed by atoms with van der Waals surface area (Å²) >= 11 is 0. The summed E-state index contributed by atoms with van der Waals surface area (Å²) in [6.45, 7) is 0. The summed E-state index contributed by atoms with van der Waals surface area (Å²) in [5.41, 5.74) is 8.42. The number of ether oxygens (including phenoxy) is 1. The number of benzene rings is 1. The van der Waals surface area contributed by atoms with Crippen molar-refractivity contribution >= 4 is 5.91 Å². The molecule has 1 aliphatic heterocycles. The van der Waals surface area contributed by atoms with Gasteiger partial charge in [-0.2, -0.15) is 5.26 Å². The van der Waals surface area contributed by atoms with Crippen LogP contribution in [0, 0.1) is 11.3 Å². The van der Waals surface area contributed by atoms with Crippen LogP contribution in [-0.4, -0.2) is 35.7 Å². The van der Waals surface area contributed by atoms with Gasteiger partial charge in [0.2, 0.25) is 0 Å². The molecule has 130 valence electrons. The first kappa shape index (κ1) is 17.0. The summed E-state index contributed by atoms with van der Waals surface area (Å²) in [6, 6.07) is 11.5. The number of methoxy groups -OCH3 is 1. The van der Waals surface area contributed by atoms with E-state index in [1.54, 1.807) is 42.9 Å².